The molecule has 2 rings (SSSR count). The lowest BCUT2D eigenvalue weighted by atomic mass is 9.82. The molecule has 0 unspecified atom stereocenters. The van der Waals surface area contributed by atoms with E-state index < -0.39 is 55.1 Å². The van der Waals surface area contributed by atoms with Crippen LogP contribution in [0.15, 0.2) is 12.1 Å². The SMILES string of the molecule is C[C@@H](N[C@H](CO)C(N)=O)C(=O)N1CC(Oc2ccc(CCB(O)O)c(O)c2C(=O)O)C1. The van der Waals surface area contributed by atoms with Gasteiger partial charge in [-0.1, -0.05) is 6.07 Å². The van der Waals surface area contributed by atoms with Crippen molar-refractivity contribution in [2.75, 3.05) is 19.7 Å². The van der Waals surface area contributed by atoms with E-state index in [9.17, 15) is 24.6 Å². The number of nitrogens with zero attached hydrogens (tertiary/aromatic N) is 1. The lowest BCUT2D eigenvalue weighted by Crippen LogP contribution is -2.61. The second kappa shape index (κ2) is 10.4. The summed E-state index contributed by atoms with van der Waals surface area (Å²) in [7, 11) is -1.59. The molecule has 1 fully saturated rings. The monoisotopic (exact) mass is 439 g/mol. The minimum absolute atomic E-state index is 0.0563. The number of aliphatic hydroxyl groups is 1. The van der Waals surface area contributed by atoms with Gasteiger partial charge in [0.2, 0.25) is 11.8 Å². The molecule has 0 bridgehead atoms. The highest BCUT2D eigenvalue weighted by Crippen LogP contribution is 2.34. The van der Waals surface area contributed by atoms with Crippen molar-refractivity contribution in [3.05, 3.63) is 23.3 Å². The van der Waals surface area contributed by atoms with Crippen molar-refractivity contribution in [1.29, 1.82) is 0 Å². The van der Waals surface area contributed by atoms with Gasteiger partial charge in [-0.05, 0) is 31.3 Å². The maximum atomic E-state index is 12.4. The molecule has 13 heteroatoms. The number of carboxylic acid groups (broad SMARTS) is 1. The fraction of sp³-hybridized carbons (Fsp3) is 0.500. The zero-order valence-corrected chi connectivity index (χ0v) is 16.9. The van der Waals surface area contributed by atoms with E-state index in [-0.39, 0.29) is 43.1 Å². The first-order valence-corrected chi connectivity index (χ1v) is 9.61. The van der Waals surface area contributed by atoms with E-state index in [1.54, 1.807) is 0 Å². The molecular weight excluding hydrogens is 413 g/mol. The van der Waals surface area contributed by atoms with Crippen LogP contribution in [0.5, 0.6) is 11.5 Å². The molecule has 2 atom stereocenters. The molecule has 0 aromatic heterocycles. The summed E-state index contributed by atoms with van der Waals surface area (Å²) in [6.45, 7) is 1.28. The predicted octanol–water partition coefficient (Wildman–Crippen LogP) is -2.48. The Labute approximate surface area is 178 Å². The number of aromatic hydroxyl groups is 1. The van der Waals surface area contributed by atoms with Crippen molar-refractivity contribution in [3.63, 3.8) is 0 Å². The normalized spacial score (nSPS) is 15.7. The van der Waals surface area contributed by atoms with Crippen LogP contribution in [0.1, 0.15) is 22.8 Å². The first kappa shape index (κ1) is 24.4. The van der Waals surface area contributed by atoms with Crippen LogP contribution in [0.4, 0.5) is 0 Å². The van der Waals surface area contributed by atoms with Crippen molar-refractivity contribution in [2.45, 2.75) is 37.9 Å². The number of aromatic carboxylic acids is 1. The summed E-state index contributed by atoms with van der Waals surface area (Å²) in [5.41, 5.74) is 4.91. The number of benzene rings is 1. The Morgan fingerprint density at radius 1 is 1.32 bits per heavy atom. The molecule has 1 heterocycles. The van der Waals surface area contributed by atoms with E-state index >= 15 is 0 Å². The maximum absolute atomic E-state index is 12.4. The van der Waals surface area contributed by atoms with Gasteiger partial charge in [0.05, 0.1) is 25.7 Å². The van der Waals surface area contributed by atoms with Gasteiger partial charge in [0.15, 0.2) is 0 Å². The minimum atomic E-state index is -1.59. The fourth-order valence-electron chi connectivity index (χ4n) is 3.15. The predicted molar refractivity (Wildman–Crippen MR) is 107 cm³/mol. The third-order valence-corrected chi connectivity index (χ3v) is 4.91. The second-order valence-corrected chi connectivity index (χ2v) is 7.28. The number of nitrogens with two attached hydrogens (primary N) is 1. The van der Waals surface area contributed by atoms with Crippen LogP contribution in [0, 0.1) is 0 Å². The Bertz CT molecular complexity index is 830. The van der Waals surface area contributed by atoms with Crippen molar-refractivity contribution in [3.8, 4) is 11.5 Å². The van der Waals surface area contributed by atoms with Crippen LogP contribution in [0.25, 0.3) is 0 Å². The number of ether oxygens (including phenoxy) is 1. The zero-order valence-electron chi connectivity index (χ0n) is 16.9. The fourth-order valence-corrected chi connectivity index (χ4v) is 3.15. The minimum Gasteiger partial charge on any atom is -0.507 e. The van der Waals surface area contributed by atoms with Crippen molar-refractivity contribution >= 4 is 24.9 Å². The largest absolute Gasteiger partial charge is 0.507 e. The zero-order chi connectivity index (χ0) is 23.3. The summed E-state index contributed by atoms with van der Waals surface area (Å²) >= 11 is 0. The van der Waals surface area contributed by atoms with Crippen LogP contribution in [0.2, 0.25) is 6.32 Å². The van der Waals surface area contributed by atoms with Gasteiger partial charge in [-0.25, -0.2) is 4.79 Å². The molecule has 31 heavy (non-hydrogen) atoms. The standard InChI is InChI=1S/C18H26BN3O9/c1-9(21-12(8-23)16(20)25)17(26)22-6-11(7-22)31-13-3-2-10(4-5-19(29)30)15(24)14(13)18(27)28/h2-3,9,11-12,21,23-24,29-30H,4-8H2,1H3,(H2,20,25)(H,27,28)/t9-,12-/m1/s1. The van der Waals surface area contributed by atoms with Crippen LogP contribution < -0.4 is 15.8 Å². The van der Waals surface area contributed by atoms with E-state index in [1.807, 2.05) is 0 Å². The van der Waals surface area contributed by atoms with Crippen LogP contribution in [0.3, 0.4) is 0 Å². The third-order valence-electron chi connectivity index (χ3n) is 4.91. The number of aryl methyl sites for hydroxylation is 1. The molecule has 0 spiro atoms. The van der Waals surface area contributed by atoms with Gasteiger partial charge in [-0.2, -0.15) is 0 Å². The molecule has 8 N–H and O–H groups in total. The lowest BCUT2D eigenvalue weighted by Gasteiger charge is -2.40. The number of carbonyl (C=O) groups excluding carboxylic acids is 2. The summed E-state index contributed by atoms with van der Waals surface area (Å²) in [6, 6.07) is 0.964. The molecule has 0 aliphatic carbocycles. The summed E-state index contributed by atoms with van der Waals surface area (Å²) in [5, 5.41) is 49.4. The van der Waals surface area contributed by atoms with Gasteiger partial charge in [-0.15, -0.1) is 0 Å². The Morgan fingerprint density at radius 3 is 2.48 bits per heavy atom. The molecular formula is C18H26BN3O9. The molecule has 170 valence electrons. The Balaban J connectivity index is 1.99. The van der Waals surface area contributed by atoms with E-state index in [0.717, 1.165) is 0 Å². The smallest absolute Gasteiger partial charge is 0.451 e. The summed E-state index contributed by atoms with van der Waals surface area (Å²) in [6.07, 6.45) is -0.532. The summed E-state index contributed by atoms with van der Waals surface area (Å²) in [4.78, 5) is 36.6. The highest BCUT2D eigenvalue weighted by Gasteiger charge is 2.36. The summed E-state index contributed by atoms with van der Waals surface area (Å²) in [5.74, 6) is -3.14. The molecule has 1 saturated heterocycles. The van der Waals surface area contributed by atoms with Crippen LogP contribution in [-0.4, -0.2) is 93.1 Å². The topological polar surface area (TPSA) is 203 Å². The molecule has 12 nitrogen and oxygen atoms in total. The van der Waals surface area contributed by atoms with Gasteiger partial charge >= 0.3 is 13.1 Å². The first-order chi connectivity index (χ1) is 14.5. The number of hydrogen-bond donors (Lipinski definition) is 7. The van der Waals surface area contributed by atoms with Crippen LogP contribution >= 0.6 is 0 Å². The quantitative estimate of drug-likeness (QED) is 0.181. The number of primary amides is 1. The van der Waals surface area contributed by atoms with E-state index in [4.69, 9.17) is 25.6 Å². The molecule has 0 saturated carbocycles. The Kier molecular flexibility index (Phi) is 8.22. The molecule has 2 amide bonds. The highest BCUT2D eigenvalue weighted by molar-refractivity contribution is 6.41. The average molecular weight is 439 g/mol. The van der Waals surface area contributed by atoms with E-state index in [0.29, 0.717) is 0 Å². The van der Waals surface area contributed by atoms with Gasteiger partial charge in [0.25, 0.3) is 0 Å². The average Bonchev–Trinajstić information content (AvgIpc) is 2.66. The van der Waals surface area contributed by atoms with Gasteiger partial charge in [0.1, 0.15) is 29.2 Å². The Hall–Kier alpha value is -2.87. The third kappa shape index (κ3) is 6.07. The molecule has 1 aliphatic rings. The highest BCUT2D eigenvalue weighted by atomic mass is 16.5. The number of phenols is 1. The number of nitrogens with one attached hydrogen (secondary N) is 1. The molecule has 1 aromatic rings. The Morgan fingerprint density at radius 2 is 1.97 bits per heavy atom. The molecule has 1 aliphatic heterocycles. The van der Waals surface area contributed by atoms with Crippen molar-refractivity contribution < 1.29 is 44.5 Å². The molecule has 1 aromatic carbocycles. The van der Waals surface area contributed by atoms with E-state index in [2.05, 4.69) is 5.32 Å². The number of carboxylic acids is 1. The second-order valence-electron chi connectivity index (χ2n) is 7.28. The van der Waals surface area contributed by atoms with Crippen LogP contribution in [-0.2, 0) is 16.0 Å². The molecule has 0 radical (unpaired) electrons. The van der Waals surface area contributed by atoms with Crippen molar-refractivity contribution in [2.24, 2.45) is 5.73 Å². The number of aliphatic hydroxyl groups excluding tert-OH is 1. The number of hydrogen-bond acceptors (Lipinski definition) is 9. The first-order valence-electron chi connectivity index (χ1n) is 9.61. The van der Waals surface area contributed by atoms with Gasteiger partial charge in [0, 0.05) is 0 Å². The summed E-state index contributed by atoms with van der Waals surface area (Å²) < 4.78 is 5.64. The lowest BCUT2D eigenvalue weighted by molar-refractivity contribution is -0.142. The number of carbonyl (C=O) groups is 3. The van der Waals surface area contributed by atoms with Crippen molar-refractivity contribution in [1.82, 2.24) is 10.2 Å². The number of likely N-dealkylation sites (tertiary alicyclic amines) is 1. The number of amides is 2. The maximum Gasteiger partial charge on any atom is 0.451 e. The van der Waals surface area contributed by atoms with Gasteiger partial charge in [-0.3, -0.25) is 14.9 Å². The van der Waals surface area contributed by atoms with E-state index in [1.165, 1.54) is 24.0 Å². The number of rotatable bonds is 11. The van der Waals surface area contributed by atoms with Gasteiger partial charge < -0.3 is 40.7 Å².